The zero-order valence-corrected chi connectivity index (χ0v) is 17.3. The highest BCUT2D eigenvalue weighted by molar-refractivity contribution is 5.80. The molecule has 0 spiro atoms. The van der Waals surface area contributed by atoms with Crippen LogP contribution >= 0.6 is 0 Å². The van der Waals surface area contributed by atoms with Crippen molar-refractivity contribution in [1.29, 1.82) is 0 Å². The third-order valence-corrected chi connectivity index (χ3v) is 5.49. The Balaban J connectivity index is 1.60. The van der Waals surface area contributed by atoms with Crippen LogP contribution in [-0.2, 0) is 22.6 Å². The number of carbonyl (C=O) groups is 2. The molecule has 1 unspecified atom stereocenters. The fourth-order valence-corrected chi connectivity index (χ4v) is 3.83. The lowest BCUT2D eigenvalue weighted by Crippen LogP contribution is -2.44. The summed E-state index contributed by atoms with van der Waals surface area (Å²) in [5.74, 6) is 0.938. The van der Waals surface area contributed by atoms with E-state index in [4.69, 9.17) is 9.47 Å². The Labute approximate surface area is 175 Å². The first kappa shape index (κ1) is 21.6. The Bertz CT molecular complexity index is 901. The van der Waals surface area contributed by atoms with Crippen molar-refractivity contribution in [1.82, 2.24) is 10.6 Å². The maximum Gasteiger partial charge on any atom is 0.220 e. The number of rotatable bonds is 9. The van der Waals surface area contributed by atoms with Crippen molar-refractivity contribution in [3.63, 3.8) is 0 Å². The summed E-state index contributed by atoms with van der Waals surface area (Å²) in [6.07, 6.45) is 2.44. The minimum Gasteiger partial charge on any atom is -0.497 e. The van der Waals surface area contributed by atoms with Crippen LogP contribution in [0.5, 0.6) is 11.5 Å². The molecule has 1 atom stereocenters. The lowest BCUT2D eigenvalue weighted by Gasteiger charge is -2.29. The van der Waals surface area contributed by atoms with Crippen LogP contribution in [0.15, 0.2) is 42.5 Å². The Hall–Kier alpha value is -3.09. The van der Waals surface area contributed by atoms with E-state index >= 15 is 0 Å². The van der Waals surface area contributed by atoms with Crippen molar-refractivity contribution < 1.29 is 23.5 Å². The minimum absolute atomic E-state index is 0.0152. The molecule has 3 rings (SSSR count). The van der Waals surface area contributed by atoms with Gasteiger partial charge in [-0.2, -0.15) is 0 Å². The molecule has 0 aromatic heterocycles. The SMILES string of the molecule is COc1ccc(OC)c(CNC(=O)CCC2(Cc3ccc(F)cc3)CCC(=O)N2)c1. The third-order valence-electron chi connectivity index (χ3n) is 5.49. The zero-order chi connectivity index (χ0) is 21.6. The molecule has 30 heavy (non-hydrogen) atoms. The highest BCUT2D eigenvalue weighted by atomic mass is 19.1. The van der Waals surface area contributed by atoms with Gasteiger partial charge in [0.15, 0.2) is 0 Å². The number of halogens is 1. The van der Waals surface area contributed by atoms with E-state index in [2.05, 4.69) is 10.6 Å². The molecule has 1 heterocycles. The molecule has 0 bridgehead atoms. The van der Waals surface area contributed by atoms with Crippen molar-refractivity contribution in [2.75, 3.05) is 14.2 Å². The van der Waals surface area contributed by atoms with Crippen LogP contribution < -0.4 is 20.1 Å². The fraction of sp³-hybridized carbons (Fsp3) is 0.391. The molecular formula is C23H27FN2O4. The predicted molar refractivity (Wildman–Crippen MR) is 111 cm³/mol. The predicted octanol–water partition coefficient (Wildman–Crippen LogP) is 3.13. The van der Waals surface area contributed by atoms with Gasteiger partial charge >= 0.3 is 0 Å². The van der Waals surface area contributed by atoms with Gasteiger partial charge in [0.1, 0.15) is 17.3 Å². The van der Waals surface area contributed by atoms with Gasteiger partial charge in [0, 0.05) is 30.5 Å². The molecule has 2 amide bonds. The van der Waals surface area contributed by atoms with E-state index in [1.165, 1.54) is 12.1 Å². The van der Waals surface area contributed by atoms with E-state index in [9.17, 15) is 14.0 Å². The smallest absolute Gasteiger partial charge is 0.220 e. The number of methoxy groups -OCH3 is 2. The van der Waals surface area contributed by atoms with Crippen LogP contribution in [0.4, 0.5) is 4.39 Å². The van der Waals surface area contributed by atoms with Crippen molar-refractivity contribution in [3.05, 3.63) is 59.4 Å². The molecule has 2 N–H and O–H groups in total. The van der Waals surface area contributed by atoms with Gasteiger partial charge in [-0.05, 0) is 55.2 Å². The van der Waals surface area contributed by atoms with Gasteiger partial charge in [-0.25, -0.2) is 4.39 Å². The minimum atomic E-state index is -0.486. The van der Waals surface area contributed by atoms with Gasteiger partial charge in [-0.1, -0.05) is 12.1 Å². The van der Waals surface area contributed by atoms with E-state index < -0.39 is 5.54 Å². The van der Waals surface area contributed by atoms with Crippen molar-refractivity contribution in [2.45, 2.75) is 44.2 Å². The molecule has 6 nitrogen and oxygen atoms in total. The van der Waals surface area contributed by atoms with E-state index in [1.54, 1.807) is 38.5 Å². The second-order valence-electron chi connectivity index (χ2n) is 7.59. The Kier molecular flexibility index (Phi) is 6.92. The summed E-state index contributed by atoms with van der Waals surface area (Å²) in [5, 5.41) is 5.96. The van der Waals surface area contributed by atoms with Crippen molar-refractivity contribution in [3.8, 4) is 11.5 Å². The molecular weight excluding hydrogens is 387 g/mol. The zero-order valence-electron chi connectivity index (χ0n) is 17.3. The molecule has 2 aromatic rings. The molecule has 1 fully saturated rings. The number of hydrogen-bond acceptors (Lipinski definition) is 4. The Morgan fingerprint density at radius 1 is 1.17 bits per heavy atom. The summed E-state index contributed by atoms with van der Waals surface area (Å²) in [4.78, 5) is 24.4. The first-order valence-corrected chi connectivity index (χ1v) is 9.96. The number of benzene rings is 2. The molecule has 7 heteroatoms. The molecule has 0 aliphatic carbocycles. The van der Waals surface area contributed by atoms with Gasteiger partial charge in [0.25, 0.3) is 0 Å². The number of nitrogens with one attached hydrogen (secondary N) is 2. The lowest BCUT2D eigenvalue weighted by molar-refractivity contribution is -0.122. The monoisotopic (exact) mass is 414 g/mol. The molecule has 1 aliphatic heterocycles. The van der Waals surface area contributed by atoms with Gasteiger partial charge < -0.3 is 20.1 Å². The van der Waals surface area contributed by atoms with Crippen molar-refractivity contribution in [2.24, 2.45) is 0 Å². The topological polar surface area (TPSA) is 76.7 Å². The molecule has 2 aromatic carbocycles. The summed E-state index contributed by atoms with van der Waals surface area (Å²) in [6, 6.07) is 11.7. The number of carbonyl (C=O) groups excluding carboxylic acids is 2. The van der Waals surface area contributed by atoms with Crippen molar-refractivity contribution >= 4 is 11.8 Å². The van der Waals surface area contributed by atoms with E-state index in [0.717, 1.165) is 11.1 Å². The van der Waals surface area contributed by atoms with Gasteiger partial charge in [-0.15, -0.1) is 0 Å². The Morgan fingerprint density at radius 2 is 1.93 bits per heavy atom. The summed E-state index contributed by atoms with van der Waals surface area (Å²) in [6.45, 7) is 0.316. The number of amides is 2. The molecule has 1 saturated heterocycles. The molecule has 0 radical (unpaired) electrons. The highest BCUT2D eigenvalue weighted by Crippen LogP contribution is 2.30. The van der Waals surface area contributed by atoms with Gasteiger partial charge in [-0.3, -0.25) is 9.59 Å². The standard InChI is InChI=1S/C23H27FN2O4/c1-29-19-7-8-20(30-2)17(13-19)15-25-21(27)9-11-23(12-10-22(28)26-23)14-16-3-5-18(24)6-4-16/h3-8,13H,9-12,14-15H2,1-2H3,(H,25,27)(H,26,28). The summed E-state index contributed by atoms with van der Waals surface area (Å²) in [5.41, 5.74) is 1.26. The maximum atomic E-state index is 13.2. The molecule has 160 valence electrons. The average molecular weight is 414 g/mol. The first-order valence-electron chi connectivity index (χ1n) is 9.96. The van der Waals surface area contributed by atoms with E-state index in [-0.39, 0.29) is 24.1 Å². The summed E-state index contributed by atoms with van der Waals surface area (Å²) in [7, 11) is 3.16. The largest absolute Gasteiger partial charge is 0.497 e. The quantitative estimate of drug-likeness (QED) is 0.661. The second-order valence-corrected chi connectivity index (χ2v) is 7.59. The summed E-state index contributed by atoms with van der Waals surface area (Å²) >= 11 is 0. The molecule has 0 saturated carbocycles. The van der Waals surface area contributed by atoms with Gasteiger partial charge in [0.2, 0.25) is 11.8 Å². The highest BCUT2D eigenvalue weighted by Gasteiger charge is 2.37. The average Bonchev–Trinajstić information content (AvgIpc) is 3.12. The lowest BCUT2D eigenvalue weighted by atomic mass is 9.85. The van der Waals surface area contributed by atoms with Crippen LogP contribution in [0.3, 0.4) is 0 Å². The van der Waals surface area contributed by atoms with Crippen LogP contribution in [0, 0.1) is 5.82 Å². The second kappa shape index (κ2) is 9.61. The Morgan fingerprint density at radius 3 is 2.57 bits per heavy atom. The fourth-order valence-electron chi connectivity index (χ4n) is 3.83. The number of ether oxygens (including phenoxy) is 2. The van der Waals surface area contributed by atoms with E-state index in [1.807, 2.05) is 6.07 Å². The van der Waals surface area contributed by atoms with Gasteiger partial charge in [0.05, 0.1) is 14.2 Å². The van der Waals surface area contributed by atoms with Crippen LogP contribution in [0.1, 0.15) is 36.8 Å². The van der Waals surface area contributed by atoms with Crippen LogP contribution in [-0.4, -0.2) is 31.6 Å². The van der Waals surface area contributed by atoms with Crippen LogP contribution in [0.2, 0.25) is 0 Å². The normalized spacial score (nSPS) is 18.0. The number of hydrogen-bond donors (Lipinski definition) is 2. The van der Waals surface area contributed by atoms with E-state index in [0.29, 0.717) is 43.7 Å². The third kappa shape index (κ3) is 5.49. The molecule has 1 aliphatic rings. The van der Waals surface area contributed by atoms with Crippen LogP contribution in [0.25, 0.3) is 0 Å². The first-order chi connectivity index (χ1) is 14.4. The maximum absolute atomic E-state index is 13.2. The summed E-state index contributed by atoms with van der Waals surface area (Å²) < 4.78 is 23.8.